The molecule has 0 radical (unpaired) electrons. The minimum Gasteiger partial charge on any atom is -0.478 e. The lowest BCUT2D eigenvalue weighted by Crippen LogP contribution is -2.25. The fourth-order valence-electron chi connectivity index (χ4n) is 3.00. The average molecular weight is 396 g/mol. The molecule has 2 aromatic rings. The molecule has 1 fully saturated rings. The number of carboxylic acid groups (broad SMARTS) is 1. The van der Waals surface area contributed by atoms with Crippen molar-refractivity contribution in [1.82, 2.24) is 5.32 Å². The lowest BCUT2D eigenvalue weighted by atomic mass is 9.99. The molecule has 1 aliphatic heterocycles. The molecule has 6 nitrogen and oxygen atoms in total. The van der Waals surface area contributed by atoms with Gasteiger partial charge in [0.05, 0.1) is 10.8 Å². The monoisotopic (exact) mass is 396 g/mol. The second kappa shape index (κ2) is 8.75. The molecule has 2 aromatic carbocycles. The number of imide groups is 1. The second-order valence-electron chi connectivity index (χ2n) is 6.32. The summed E-state index contributed by atoms with van der Waals surface area (Å²) in [7, 11) is 0. The van der Waals surface area contributed by atoms with Gasteiger partial charge in [-0.3, -0.25) is 14.9 Å². The van der Waals surface area contributed by atoms with Gasteiger partial charge in [0.1, 0.15) is 0 Å². The average Bonchev–Trinajstić information content (AvgIpc) is 2.99. The first kappa shape index (κ1) is 19.7. The number of hydrogen-bond donors (Lipinski definition) is 3. The number of carboxylic acids is 1. The predicted molar refractivity (Wildman–Crippen MR) is 110 cm³/mol. The van der Waals surface area contributed by atoms with Gasteiger partial charge in [0.15, 0.2) is 0 Å². The summed E-state index contributed by atoms with van der Waals surface area (Å²) >= 11 is 1.02. The Labute approximate surface area is 167 Å². The van der Waals surface area contributed by atoms with Crippen molar-refractivity contribution in [3.8, 4) is 0 Å². The maximum Gasteiger partial charge on any atom is 0.335 e. The van der Waals surface area contributed by atoms with Crippen LogP contribution in [0.4, 0.5) is 10.5 Å². The van der Waals surface area contributed by atoms with Crippen molar-refractivity contribution >= 4 is 40.6 Å². The van der Waals surface area contributed by atoms with E-state index in [0.29, 0.717) is 13.0 Å². The van der Waals surface area contributed by atoms with E-state index in [-0.39, 0.29) is 16.7 Å². The summed E-state index contributed by atoms with van der Waals surface area (Å²) in [5.74, 6) is -1.20. The quantitative estimate of drug-likeness (QED) is 0.656. The van der Waals surface area contributed by atoms with Gasteiger partial charge in [-0.1, -0.05) is 48.2 Å². The summed E-state index contributed by atoms with van der Waals surface area (Å²) in [6, 6.07) is 12.5. The minimum atomic E-state index is -0.949. The molecule has 3 N–H and O–H groups in total. The van der Waals surface area contributed by atoms with E-state index >= 15 is 0 Å². The van der Waals surface area contributed by atoms with Crippen LogP contribution in [0.1, 0.15) is 34.0 Å². The standard InChI is InChI=1S/C21H20N2O4S/c1-2-4-16-15(11-18-19(24)23-21(27)28-18)5-3-6-17(16)22-12-13-7-9-14(10-8-13)20(25)26/h2-10,18,22H,11-12H2,1H3,(H,25,26)(H,23,24,27)/b4-2-. The van der Waals surface area contributed by atoms with Crippen LogP contribution in [0.25, 0.3) is 6.08 Å². The predicted octanol–water partition coefficient (Wildman–Crippen LogP) is 3.92. The topological polar surface area (TPSA) is 95.5 Å². The van der Waals surface area contributed by atoms with Crippen molar-refractivity contribution in [1.29, 1.82) is 0 Å². The van der Waals surface area contributed by atoms with E-state index in [1.54, 1.807) is 24.3 Å². The number of rotatable bonds is 7. The van der Waals surface area contributed by atoms with Crippen LogP contribution in [0.15, 0.2) is 48.5 Å². The molecule has 0 spiro atoms. The fourth-order valence-corrected chi connectivity index (χ4v) is 3.85. The van der Waals surface area contributed by atoms with Gasteiger partial charge in [-0.2, -0.15) is 0 Å². The first-order chi connectivity index (χ1) is 13.5. The Hall–Kier alpha value is -3.06. The zero-order valence-electron chi connectivity index (χ0n) is 15.3. The van der Waals surface area contributed by atoms with E-state index in [4.69, 9.17) is 5.11 Å². The molecule has 0 aromatic heterocycles. The summed E-state index contributed by atoms with van der Waals surface area (Å²) in [6.07, 6.45) is 4.37. The molecule has 144 valence electrons. The largest absolute Gasteiger partial charge is 0.478 e. The summed E-state index contributed by atoms with van der Waals surface area (Å²) in [5, 5.41) is 14.0. The molecule has 3 rings (SSSR count). The normalized spacial score (nSPS) is 16.4. The highest BCUT2D eigenvalue weighted by atomic mass is 32.2. The van der Waals surface area contributed by atoms with E-state index in [0.717, 1.165) is 34.1 Å². The van der Waals surface area contributed by atoms with Crippen molar-refractivity contribution in [2.24, 2.45) is 0 Å². The molecule has 1 aliphatic rings. The van der Waals surface area contributed by atoms with Gasteiger partial charge in [-0.15, -0.1) is 0 Å². The number of allylic oxidation sites excluding steroid dienone is 1. The van der Waals surface area contributed by atoms with Crippen LogP contribution in [0.2, 0.25) is 0 Å². The molecule has 1 heterocycles. The van der Waals surface area contributed by atoms with Crippen LogP contribution in [0.5, 0.6) is 0 Å². The second-order valence-corrected chi connectivity index (χ2v) is 7.50. The van der Waals surface area contributed by atoms with Gasteiger partial charge in [-0.25, -0.2) is 4.79 Å². The van der Waals surface area contributed by atoms with Crippen molar-refractivity contribution in [3.63, 3.8) is 0 Å². The van der Waals surface area contributed by atoms with Crippen LogP contribution < -0.4 is 10.6 Å². The summed E-state index contributed by atoms with van der Waals surface area (Å²) in [4.78, 5) is 34.3. The van der Waals surface area contributed by atoms with Crippen molar-refractivity contribution in [3.05, 3.63) is 70.8 Å². The Morgan fingerprint density at radius 1 is 1.21 bits per heavy atom. The highest BCUT2D eigenvalue weighted by molar-refractivity contribution is 8.15. The molecule has 0 bridgehead atoms. The Kier molecular flexibility index (Phi) is 6.16. The molecule has 7 heteroatoms. The SMILES string of the molecule is C/C=C\c1c(CC2SC(=O)NC2=O)cccc1NCc1ccc(C(=O)O)cc1. The first-order valence-corrected chi connectivity index (χ1v) is 9.68. The third kappa shape index (κ3) is 4.61. The number of amides is 2. The van der Waals surface area contributed by atoms with Gasteiger partial charge >= 0.3 is 5.97 Å². The van der Waals surface area contributed by atoms with E-state index < -0.39 is 11.2 Å². The maximum absolute atomic E-state index is 11.9. The molecule has 2 amide bonds. The Bertz CT molecular complexity index is 938. The number of hydrogen-bond acceptors (Lipinski definition) is 5. The maximum atomic E-state index is 11.9. The number of carbonyl (C=O) groups excluding carboxylic acids is 2. The number of benzene rings is 2. The van der Waals surface area contributed by atoms with Crippen LogP contribution in [-0.2, 0) is 17.8 Å². The molecule has 28 heavy (non-hydrogen) atoms. The minimum absolute atomic E-state index is 0.252. The number of aromatic carboxylic acids is 1. The molecule has 1 unspecified atom stereocenters. The fraction of sp³-hybridized carbons (Fsp3) is 0.190. The molecule has 0 aliphatic carbocycles. The van der Waals surface area contributed by atoms with Crippen molar-refractivity contribution in [2.45, 2.75) is 25.1 Å². The van der Waals surface area contributed by atoms with E-state index in [1.165, 1.54) is 0 Å². The molecule has 0 saturated carbocycles. The summed E-state index contributed by atoms with van der Waals surface area (Å²) in [6.45, 7) is 2.46. The summed E-state index contributed by atoms with van der Waals surface area (Å²) < 4.78 is 0. The zero-order valence-corrected chi connectivity index (χ0v) is 16.1. The Balaban J connectivity index is 1.78. The van der Waals surface area contributed by atoms with Crippen molar-refractivity contribution in [2.75, 3.05) is 5.32 Å². The highest BCUT2D eigenvalue weighted by Gasteiger charge is 2.32. The third-order valence-corrected chi connectivity index (χ3v) is 5.37. The number of thioether (sulfide) groups is 1. The Morgan fingerprint density at radius 2 is 1.96 bits per heavy atom. The van der Waals surface area contributed by atoms with Crippen LogP contribution in [0.3, 0.4) is 0 Å². The number of carbonyl (C=O) groups is 3. The van der Waals surface area contributed by atoms with Gasteiger partial charge < -0.3 is 10.4 Å². The molecule has 1 saturated heterocycles. The van der Waals surface area contributed by atoms with E-state index in [2.05, 4.69) is 10.6 Å². The van der Waals surface area contributed by atoms with E-state index in [1.807, 2.05) is 37.3 Å². The van der Waals surface area contributed by atoms with Crippen LogP contribution in [0, 0.1) is 0 Å². The van der Waals surface area contributed by atoms with Gasteiger partial charge in [0, 0.05) is 17.8 Å². The summed E-state index contributed by atoms with van der Waals surface area (Å²) in [5.41, 5.74) is 4.07. The first-order valence-electron chi connectivity index (χ1n) is 8.80. The van der Waals surface area contributed by atoms with E-state index in [9.17, 15) is 14.4 Å². The lowest BCUT2D eigenvalue weighted by molar-refractivity contribution is -0.118. The van der Waals surface area contributed by atoms with Crippen molar-refractivity contribution < 1.29 is 19.5 Å². The van der Waals surface area contributed by atoms with Crippen LogP contribution in [-0.4, -0.2) is 27.5 Å². The highest BCUT2D eigenvalue weighted by Crippen LogP contribution is 2.28. The zero-order chi connectivity index (χ0) is 20.1. The van der Waals surface area contributed by atoms with Crippen LogP contribution >= 0.6 is 11.8 Å². The smallest absolute Gasteiger partial charge is 0.335 e. The molecular formula is C21H20N2O4S. The van der Waals surface area contributed by atoms with Gasteiger partial charge in [0.2, 0.25) is 5.91 Å². The molecule has 1 atom stereocenters. The lowest BCUT2D eigenvalue weighted by Gasteiger charge is -2.15. The number of anilines is 1. The molecular weight excluding hydrogens is 376 g/mol. The third-order valence-electron chi connectivity index (χ3n) is 4.39. The van der Waals surface area contributed by atoms with Gasteiger partial charge in [0.25, 0.3) is 5.24 Å². The Morgan fingerprint density at radius 3 is 2.57 bits per heavy atom. The number of nitrogens with one attached hydrogen (secondary N) is 2. The van der Waals surface area contributed by atoms with Gasteiger partial charge in [-0.05, 0) is 42.7 Å².